The summed E-state index contributed by atoms with van der Waals surface area (Å²) in [5.41, 5.74) is 2.25. The smallest absolute Gasteiger partial charge is 0.0544 e. The van der Waals surface area contributed by atoms with Gasteiger partial charge >= 0.3 is 0 Å². The van der Waals surface area contributed by atoms with Gasteiger partial charge < -0.3 is 5.32 Å². The predicted octanol–water partition coefficient (Wildman–Crippen LogP) is 2.33. The second kappa shape index (κ2) is 6.52. The Bertz CT molecular complexity index is 325. The van der Waals surface area contributed by atoms with Gasteiger partial charge in [-0.05, 0) is 19.1 Å². The van der Waals surface area contributed by atoms with E-state index < -0.39 is 0 Å². The molecular weight excluding hydrogens is 236 g/mol. The van der Waals surface area contributed by atoms with Gasteiger partial charge in [-0.3, -0.25) is 4.98 Å². The van der Waals surface area contributed by atoms with E-state index in [1.807, 2.05) is 13.0 Å². The third-order valence-electron chi connectivity index (χ3n) is 2.51. The topological polar surface area (TPSA) is 24.9 Å². The molecule has 0 amide bonds. The van der Waals surface area contributed by atoms with Crippen LogP contribution in [0.15, 0.2) is 18.2 Å². The molecule has 0 aromatic carbocycles. The number of hydrogen-bond acceptors (Lipinski definition) is 4. The van der Waals surface area contributed by atoms with E-state index in [1.165, 1.54) is 17.3 Å². The summed E-state index contributed by atoms with van der Waals surface area (Å²) < 4.78 is 0. The van der Waals surface area contributed by atoms with Crippen LogP contribution in [0.25, 0.3) is 0 Å². The molecule has 4 heteroatoms. The van der Waals surface area contributed by atoms with Crippen molar-refractivity contribution >= 4 is 23.5 Å². The molecule has 2 rings (SSSR count). The van der Waals surface area contributed by atoms with E-state index in [1.54, 1.807) is 0 Å². The normalized spacial score (nSPS) is 20.9. The average molecular weight is 254 g/mol. The zero-order valence-corrected chi connectivity index (χ0v) is 11.2. The molecule has 1 aromatic rings. The lowest BCUT2D eigenvalue weighted by atomic mass is 10.3. The molecule has 2 nitrogen and oxygen atoms in total. The van der Waals surface area contributed by atoms with Gasteiger partial charge in [0.2, 0.25) is 0 Å². The molecule has 88 valence electrons. The van der Waals surface area contributed by atoms with Crippen LogP contribution in [0.3, 0.4) is 0 Å². The van der Waals surface area contributed by atoms with Crippen molar-refractivity contribution in [3.63, 3.8) is 0 Å². The minimum atomic E-state index is 0.781. The molecule has 1 aliphatic heterocycles. The second-order valence-corrected chi connectivity index (χ2v) is 6.53. The van der Waals surface area contributed by atoms with E-state index in [2.05, 4.69) is 46.0 Å². The molecular formula is C12H18N2S2. The molecule has 0 aliphatic carbocycles. The summed E-state index contributed by atoms with van der Waals surface area (Å²) in [6, 6.07) is 6.20. The number of aryl methyl sites for hydroxylation is 1. The van der Waals surface area contributed by atoms with Crippen molar-refractivity contribution in [2.24, 2.45) is 0 Å². The molecule has 1 unspecified atom stereocenters. The van der Waals surface area contributed by atoms with E-state index in [4.69, 9.17) is 0 Å². The zero-order valence-electron chi connectivity index (χ0n) is 9.61. The first-order valence-corrected chi connectivity index (χ1v) is 7.87. The van der Waals surface area contributed by atoms with Gasteiger partial charge in [-0.1, -0.05) is 6.07 Å². The van der Waals surface area contributed by atoms with Crippen molar-refractivity contribution in [2.45, 2.75) is 18.7 Å². The van der Waals surface area contributed by atoms with Gasteiger partial charge in [-0.25, -0.2) is 0 Å². The summed E-state index contributed by atoms with van der Waals surface area (Å²) in [5, 5.41) is 4.28. The van der Waals surface area contributed by atoms with E-state index in [9.17, 15) is 0 Å². The van der Waals surface area contributed by atoms with Crippen LogP contribution in [0.1, 0.15) is 11.4 Å². The maximum absolute atomic E-state index is 4.48. The third kappa shape index (κ3) is 4.00. The first-order valence-electron chi connectivity index (χ1n) is 5.67. The van der Waals surface area contributed by atoms with E-state index in [-0.39, 0.29) is 0 Å². The Morgan fingerprint density at radius 3 is 3.12 bits per heavy atom. The molecule has 1 aliphatic rings. The van der Waals surface area contributed by atoms with Crippen molar-refractivity contribution in [1.82, 2.24) is 10.3 Å². The molecule has 0 saturated carbocycles. The van der Waals surface area contributed by atoms with Crippen LogP contribution >= 0.6 is 23.5 Å². The van der Waals surface area contributed by atoms with Crippen LogP contribution in [0.4, 0.5) is 0 Å². The standard InChI is InChI=1S/C12H18N2S2/c1-10-3-2-4-11(14-10)7-13-8-12-9-15-5-6-16-12/h2-4,12-13H,5-9H2,1H3. The van der Waals surface area contributed by atoms with Gasteiger partial charge in [-0.2, -0.15) is 23.5 Å². The molecule has 2 heterocycles. The Labute approximate surface area is 106 Å². The zero-order chi connectivity index (χ0) is 11.2. The van der Waals surface area contributed by atoms with Crippen LogP contribution < -0.4 is 5.32 Å². The Balaban J connectivity index is 1.71. The number of nitrogens with zero attached hydrogens (tertiary/aromatic N) is 1. The minimum absolute atomic E-state index is 0.781. The van der Waals surface area contributed by atoms with Crippen LogP contribution in [-0.4, -0.2) is 34.0 Å². The number of hydrogen-bond donors (Lipinski definition) is 1. The highest BCUT2D eigenvalue weighted by Gasteiger charge is 2.13. The molecule has 0 bridgehead atoms. The summed E-state index contributed by atoms with van der Waals surface area (Å²) in [4.78, 5) is 4.48. The van der Waals surface area contributed by atoms with Crippen molar-refractivity contribution in [3.05, 3.63) is 29.6 Å². The fourth-order valence-corrected chi connectivity index (χ4v) is 4.36. The van der Waals surface area contributed by atoms with Gasteiger partial charge in [0.05, 0.1) is 5.69 Å². The average Bonchev–Trinajstić information content (AvgIpc) is 2.30. The molecule has 1 N–H and O–H groups in total. The SMILES string of the molecule is Cc1cccc(CNCC2CSCCS2)n1. The fourth-order valence-electron chi connectivity index (χ4n) is 1.71. The van der Waals surface area contributed by atoms with Crippen LogP contribution in [0.5, 0.6) is 0 Å². The first kappa shape index (κ1) is 12.3. The fraction of sp³-hybridized carbons (Fsp3) is 0.583. The monoisotopic (exact) mass is 254 g/mol. The number of nitrogens with one attached hydrogen (secondary N) is 1. The summed E-state index contributed by atoms with van der Waals surface area (Å²) in [7, 11) is 0. The molecule has 1 aromatic heterocycles. The lowest BCUT2D eigenvalue weighted by Crippen LogP contribution is -2.28. The Morgan fingerprint density at radius 1 is 1.44 bits per heavy atom. The van der Waals surface area contributed by atoms with Crippen molar-refractivity contribution in [3.8, 4) is 0 Å². The van der Waals surface area contributed by atoms with Crippen molar-refractivity contribution < 1.29 is 0 Å². The Morgan fingerprint density at radius 2 is 2.38 bits per heavy atom. The van der Waals surface area contributed by atoms with Crippen molar-refractivity contribution in [1.29, 1.82) is 0 Å². The first-order chi connectivity index (χ1) is 7.84. The van der Waals surface area contributed by atoms with Gasteiger partial charge in [-0.15, -0.1) is 0 Å². The predicted molar refractivity (Wildman–Crippen MR) is 74.3 cm³/mol. The highest BCUT2D eigenvalue weighted by molar-refractivity contribution is 8.06. The molecule has 16 heavy (non-hydrogen) atoms. The highest BCUT2D eigenvalue weighted by Crippen LogP contribution is 2.23. The summed E-state index contributed by atoms with van der Waals surface area (Å²) in [5.74, 6) is 3.92. The summed E-state index contributed by atoms with van der Waals surface area (Å²) in [6.45, 7) is 4.04. The number of rotatable bonds is 4. The van der Waals surface area contributed by atoms with E-state index in [0.29, 0.717) is 0 Å². The molecule has 1 saturated heterocycles. The maximum Gasteiger partial charge on any atom is 0.0544 e. The lowest BCUT2D eigenvalue weighted by molar-refractivity contribution is 0.673. The van der Waals surface area contributed by atoms with Crippen LogP contribution in [-0.2, 0) is 6.54 Å². The molecule has 0 radical (unpaired) electrons. The molecule has 0 spiro atoms. The van der Waals surface area contributed by atoms with Crippen molar-refractivity contribution in [2.75, 3.05) is 23.8 Å². The Hall–Kier alpha value is -0.190. The minimum Gasteiger partial charge on any atom is -0.310 e. The number of thioether (sulfide) groups is 2. The van der Waals surface area contributed by atoms with E-state index >= 15 is 0 Å². The van der Waals surface area contributed by atoms with Gasteiger partial charge in [0.1, 0.15) is 0 Å². The molecule has 1 fully saturated rings. The Kier molecular flexibility index (Phi) is 5.00. The van der Waals surface area contributed by atoms with Gasteiger partial charge in [0.15, 0.2) is 0 Å². The van der Waals surface area contributed by atoms with E-state index in [0.717, 1.165) is 29.7 Å². The van der Waals surface area contributed by atoms with Gasteiger partial charge in [0.25, 0.3) is 0 Å². The quantitative estimate of drug-likeness (QED) is 0.891. The molecule has 1 atom stereocenters. The lowest BCUT2D eigenvalue weighted by Gasteiger charge is -2.21. The number of aromatic nitrogens is 1. The summed E-state index contributed by atoms with van der Waals surface area (Å²) in [6.07, 6.45) is 0. The summed E-state index contributed by atoms with van der Waals surface area (Å²) >= 11 is 4.17. The largest absolute Gasteiger partial charge is 0.310 e. The maximum atomic E-state index is 4.48. The van der Waals surface area contributed by atoms with Crippen LogP contribution in [0, 0.1) is 6.92 Å². The van der Waals surface area contributed by atoms with Gasteiger partial charge in [0, 0.05) is 41.3 Å². The number of pyridine rings is 1. The highest BCUT2D eigenvalue weighted by atomic mass is 32.2. The second-order valence-electron chi connectivity index (χ2n) is 3.97. The third-order valence-corrected chi connectivity index (χ3v) is 5.35. The van der Waals surface area contributed by atoms with Crippen LogP contribution in [0.2, 0.25) is 0 Å².